The van der Waals surface area contributed by atoms with E-state index in [9.17, 15) is 13.2 Å². The summed E-state index contributed by atoms with van der Waals surface area (Å²) in [5.41, 5.74) is 0.890. The molecule has 1 aromatic heterocycles. The number of benzene rings is 2. The average Bonchev–Trinajstić information content (AvgIpc) is 3.20. The Morgan fingerprint density at radius 1 is 1.27 bits per heavy atom. The van der Waals surface area contributed by atoms with Crippen molar-refractivity contribution in [3.63, 3.8) is 0 Å². The molecule has 0 aliphatic carbocycles. The van der Waals surface area contributed by atoms with E-state index >= 15 is 0 Å². The van der Waals surface area contributed by atoms with Crippen molar-refractivity contribution in [2.75, 3.05) is 13.2 Å². The molecule has 0 radical (unpaired) electrons. The van der Waals surface area contributed by atoms with Crippen LogP contribution in [0.5, 0.6) is 5.75 Å². The summed E-state index contributed by atoms with van der Waals surface area (Å²) >= 11 is 0. The maximum atomic E-state index is 13.3. The van der Waals surface area contributed by atoms with Gasteiger partial charge in [0.1, 0.15) is 11.9 Å². The van der Waals surface area contributed by atoms with E-state index in [1.807, 2.05) is 19.1 Å². The minimum Gasteiger partial charge on any atom is -0.488 e. The Labute approximate surface area is 171 Å². The first kappa shape index (κ1) is 20.4. The van der Waals surface area contributed by atoms with Crippen LogP contribution < -0.4 is 10.2 Å². The van der Waals surface area contributed by atoms with Gasteiger partial charge < -0.3 is 14.0 Å². The standard InChI is InChI=1S/C22H22F3N3O2/c1-13-17(4-3-5-19(13)22(23,24)25)14(2)28-12-27-21(26)18-10-15(6-7-20(18)28)30-16-8-9-29-11-16/h3-7,10,12,14,16,26H,8-9,11H2,1-2H3/t14-,16+/m1/s1. The first-order valence-corrected chi connectivity index (χ1v) is 9.72. The van der Waals surface area contributed by atoms with E-state index in [1.54, 1.807) is 16.7 Å². The van der Waals surface area contributed by atoms with E-state index in [0.717, 1.165) is 12.5 Å². The monoisotopic (exact) mass is 417 g/mol. The SMILES string of the molecule is Cc1c([C@@H](C)n2cnc(=N)c3cc(O[C@H]4CCOC4)ccc32)cccc1C(F)(F)F. The molecule has 158 valence electrons. The van der Waals surface area contributed by atoms with Crippen molar-refractivity contribution in [2.45, 2.75) is 38.6 Å². The summed E-state index contributed by atoms with van der Waals surface area (Å²) in [5, 5.41) is 8.77. The number of alkyl halides is 3. The van der Waals surface area contributed by atoms with Crippen LogP contribution >= 0.6 is 0 Å². The van der Waals surface area contributed by atoms with Crippen molar-refractivity contribution in [3.05, 3.63) is 64.9 Å². The Bertz CT molecular complexity index is 1130. The van der Waals surface area contributed by atoms with Gasteiger partial charge in [0.25, 0.3) is 0 Å². The molecule has 2 aromatic carbocycles. The van der Waals surface area contributed by atoms with Crippen molar-refractivity contribution in [1.82, 2.24) is 9.55 Å². The molecule has 2 heterocycles. The number of halogens is 3. The highest BCUT2D eigenvalue weighted by atomic mass is 19.4. The molecule has 0 bridgehead atoms. The molecule has 0 saturated carbocycles. The Hall–Kier alpha value is -2.87. The molecule has 1 N–H and O–H groups in total. The summed E-state index contributed by atoms with van der Waals surface area (Å²) in [4.78, 5) is 4.15. The smallest absolute Gasteiger partial charge is 0.416 e. The summed E-state index contributed by atoms with van der Waals surface area (Å²) in [5.74, 6) is 0.619. The number of aromatic nitrogens is 2. The summed E-state index contributed by atoms with van der Waals surface area (Å²) < 4.78 is 53.1. The van der Waals surface area contributed by atoms with Gasteiger partial charge in [0.15, 0.2) is 5.49 Å². The second-order valence-corrected chi connectivity index (χ2v) is 7.48. The van der Waals surface area contributed by atoms with Gasteiger partial charge in [0, 0.05) is 11.8 Å². The molecule has 2 atom stereocenters. The zero-order valence-corrected chi connectivity index (χ0v) is 16.7. The lowest BCUT2D eigenvalue weighted by atomic mass is 9.97. The minimum atomic E-state index is -4.41. The number of nitrogens with zero attached hydrogens (tertiary/aromatic N) is 2. The zero-order valence-electron chi connectivity index (χ0n) is 16.7. The molecule has 0 spiro atoms. The maximum Gasteiger partial charge on any atom is 0.416 e. The Morgan fingerprint density at radius 3 is 2.77 bits per heavy atom. The lowest BCUT2D eigenvalue weighted by Crippen LogP contribution is -2.19. The molecule has 0 unspecified atom stereocenters. The molecule has 1 fully saturated rings. The molecule has 5 nitrogen and oxygen atoms in total. The molecular weight excluding hydrogens is 395 g/mol. The first-order valence-electron chi connectivity index (χ1n) is 9.72. The second-order valence-electron chi connectivity index (χ2n) is 7.48. The molecule has 1 aliphatic rings. The number of nitrogens with one attached hydrogen (secondary N) is 1. The molecule has 30 heavy (non-hydrogen) atoms. The summed E-state index contributed by atoms with van der Waals surface area (Å²) in [6, 6.07) is 9.19. The van der Waals surface area contributed by atoms with Crippen LogP contribution in [0.4, 0.5) is 13.2 Å². The third kappa shape index (κ3) is 3.79. The fourth-order valence-corrected chi connectivity index (χ4v) is 3.92. The lowest BCUT2D eigenvalue weighted by molar-refractivity contribution is -0.138. The Kier molecular flexibility index (Phi) is 5.27. The van der Waals surface area contributed by atoms with E-state index < -0.39 is 17.8 Å². The maximum absolute atomic E-state index is 13.3. The summed E-state index contributed by atoms with van der Waals surface area (Å²) in [6.45, 7) is 4.51. The highest BCUT2D eigenvalue weighted by Gasteiger charge is 2.33. The van der Waals surface area contributed by atoms with Gasteiger partial charge in [0.2, 0.25) is 0 Å². The van der Waals surface area contributed by atoms with Crippen LogP contribution in [0.25, 0.3) is 10.9 Å². The first-order chi connectivity index (χ1) is 14.3. The fraction of sp³-hybridized carbons (Fsp3) is 0.364. The molecule has 1 saturated heterocycles. The van der Waals surface area contributed by atoms with Crippen LogP contribution in [-0.2, 0) is 10.9 Å². The number of hydrogen-bond donors (Lipinski definition) is 1. The van der Waals surface area contributed by atoms with E-state index in [4.69, 9.17) is 14.9 Å². The molecule has 8 heteroatoms. The minimum absolute atomic E-state index is 0.0212. The van der Waals surface area contributed by atoms with Crippen molar-refractivity contribution >= 4 is 10.9 Å². The van der Waals surface area contributed by atoms with Gasteiger partial charge in [0.05, 0.1) is 36.7 Å². The van der Waals surface area contributed by atoms with Crippen molar-refractivity contribution in [2.24, 2.45) is 0 Å². The predicted octanol–water partition coefficient (Wildman–Crippen LogP) is 4.62. The predicted molar refractivity (Wildman–Crippen MR) is 105 cm³/mol. The van der Waals surface area contributed by atoms with Crippen LogP contribution in [0.1, 0.15) is 36.1 Å². The van der Waals surface area contributed by atoms with Gasteiger partial charge in [-0.1, -0.05) is 12.1 Å². The molecule has 1 aliphatic heterocycles. The number of fused-ring (bicyclic) bond motifs is 1. The Morgan fingerprint density at radius 2 is 2.07 bits per heavy atom. The van der Waals surface area contributed by atoms with Crippen LogP contribution in [-0.4, -0.2) is 28.9 Å². The largest absolute Gasteiger partial charge is 0.488 e. The lowest BCUT2D eigenvalue weighted by Gasteiger charge is -2.23. The number of ether oxygens (including phenoxy) is 2. The number of rotatable bonds is 4. The van der Waals surface area contributed by atoms with Gasteiger partial charge in [-0.15, -0.1) is 0 Å². The van der Waals surface area contributed by atoms with Gasteiger partial charge in [-0.3, -0.25) is 5.41 Å². The van der Waals surface area contributed by atoms with Crippen LogP contribution in [0.15, 0.2) is 42.7 Å². The summed E-state index contributed by atoms with van der Waals surface area (Å²) in [6.07, 6.45) is -2.12. The molecule has 4 rings (SSSR count). The van der Waals surface area contributed by atoms with E-state index in [1.165, 1.54) is 19.3 Å². The topological polar surface area (TPSA) is 60.1 Å². The fourth-order valence-electron chi connectivity index (χ4n) is 3.92. The van der Waals surface area contributed by atoms with Gasteiger partial charge in [-0.05, 0) is 49.2 Å². The molecule has 0 amide bonds. The van der Waals surface area contributed by atoms with Gasteiger partial charge in [-0.2, -0.15) is 13.2 Å². The highest BCUT2D eigenvalue weighted by Crippen LogP contribution is 2.35. The Balaban J connectivity index is 1.76. The second kappa shape index (κ2) is 7.75. The summed E-state index contributed by atoms with van der Waals surface area (Å²) in [7, 11) is 0. The third-order valence-corrected chi connectivity index (χ3v) is 5.55. The molecular formula is C22H22F3N3O2. The van der Waals surface area contributed by atoms with Gasteiger partial charge in [-0.25, -0.2) is 4.98 Å². The van der Waals surface area contributed by atoms with Gasteiger partial charge >= 0.3 is 6.18 Å². The van der Waals surface area contributed by atoms with E-state index in [-0.39, 0.29) is 17.2 Å². The molecule has 3 aromatic rings. The van der Waals surface area contributed by atoms with Crippen molar-refractivity contribution in [1.29, 1.82) is 5.41 Å². The highest BCUT2D eigenvalue weighted by molar-refractivity contribution is 5.79. The van der Waals surface area contributed by atoms with Crippen LogP contribution in [0.2, 0.25) is 0 Å². The van der Waals surface area contributed by atoms with Crippen LogP contribution in [0, 0.1) is 12.3 Å². The van der Waals surface area contributed by atoms with Crippen molar-refractivity contribution < 1.29 is 22.6 Å². The van der Waals surface area contributed by atoms with Crippen LogP contribution in [0.3, 0.4) is 0 Å². The normalized spacial score (nSPS) is 18.0. The van der Waals surface area contributed by atoms with E-state index in [2.05, 4.69) is 4.98 Å². The third-order valence-electron chi connectivity index (χ3n) is 5.55. The van der Waals surface area contributed by atoms with Crippen molar-refractivity contribution in [3.8, 4) is 5.75 Å². The number of hydrogen-bond acceptors (Lipinski definition) is 4. The van der Waals surface area contributed by atoms with E-state index in [0.29, 0.717) is 35.4 Å². The average molecular weight is 417 g/mol. The zero-order chi connectivity index (χ0) is 21.5. The quantitative estimate of drug-likeness (QED) is 0.674.